The molecule has 0 saturated carbocycles. The lowest BCUT2D eigenvalue weighted by Crippen LogP contribution is -2.28. The van der Waals surface area contributed by atoms with Crippen molar-refractivity contribution in [1.82, 2.24) is 0 Å². The average molecular weight is 356 g/mol. The van der Waals surface area contributed by atoms with Crippen molar-refractivity contribution in [3.63, 3.8) is 0 Å². The number of carbonyl (C=O) groups is 1. The van der Waals surface area contributed by atoms with Gasteiger partial charge in [-0.2, -0.15) is 0 Å². The number of hydrogen-bond donors (Lipinski definition) is 0. The molecule has 136 valence electrons. The Bertz CT molecular complexity index is 968. The Labute approximate surface area is 150 Å². The van der Waals surface area contributed by atoms with Crippen LogP contribution in [-0.4, -0.2) is 18.7 Å². The predicted octanol–water partition coefficient (Wildman–Crippen LogP) is 3.95. The fraction of sp³-hybridized carbons (Fsp3) is 0.300. The number of esters is 1. The van der Waals surface area contributed by atoms with Gasteiger partial charge in [0.1, 0.15) is 5.58 Å². The molecular formula is C20H20O6. The zero-order valence-corrected chi connectivity index (χ0v) is 14.9. The summed E-state index contributed by atoms with van der Waals surface area (Å²) in [4.78, 5) is 25.0. The van der Waals surface area contributed by atoms with Crippen molar-refractivity contribution < 1.29 is 23.1 Å². The third-order valence-electron chi connectivity index (χ3n) is 3.98. The normalized spacial score (nSPS) is 12.1. The van der Waals surface area contributed by atoms with E-state index in [1.165, 1.54) is 13.2 Å². The average Bonchev–Trinajstić information content (AvgIpc) is 3.18. The van der Waals surface area contributed by atoms with Crippen LogP contribution in [0.4, 0.5) is 0 Å². The molecule has 0 fully saturated rings. The highest BCUT2D eigenvalue weighted by Gasteiger charge is 2.24. The highest BCUT2D eigenvalue weighted by molar-refractivity contribution is 5.82. The lowest BCUT2D eigenvalue weighted by atomic mass is 10.1. The minimum atomic E-state index is -0.960. The van der Waals surface area contributed by atoms with E-state index in [0.29, 0.717) is 16.7 Å². The topological polar surface area (TPSA) is 78.9 Å². The van der Waals surface area contributed by atoms with Gasteiger partial charge >= 0.3 is 5.97 Å². The molecule has 1 aromatic carbocycles. The smallest absolute Gasteiger partial charge is 0.347 e. The molecule has 0 radical (unpaired) electrons. The van der Waals surface area contributed by atoms with Gasteiger partial charge in [0.05, 0.1) is 18.3 Å². The van der Waals surface area contributed by atoms with Crippen molar-refractivity contribution in [2.45, 2.75) is 33.3 Å². The summed E-state index contributed by atoms with van der Waals surface area (Å²) in [5.74, 6) is -0.136. The SMILES string of the molecule is CCOC(=O)[C@H](C)Oc1c(-c2ccco2)oc2ccc(CC)cc2c1=O. The summed E-state index contributed by atoms with van der Waals surface area (Å²) in [5, 5.41) is 0.394. The number of hydrogen-bond acceptors (Lipinski definition) is 6. The molecule has 1 atom stereocenters. The van der Waals surface area contributed by atoms with Crippen molar-refractivity contribution in [3.05, 3.63) is 52.4 Å². The second-order valence-corrected chi connectivity index (χ2v) is 5.76. The van der Waals surface area contributed by atoms with Gasteiger partial charge in [-0.25, -0.2) is 4.79 Å². The number of carbonyl (C=O) groups excluding carboxylic acids is 1. The molecule has 6 nitrogen and oxygen atoms in total. The minimum Gasteiger partial charge on any atom is -0.471 e. The van der Waals surface area contributed by atoms with Crippen LogP contribution >= 0.6 is 0 Å². The maximum absolute atomic E-state index is 13.0. The van der Waals surface area contributed by atoms with Gasteiger partial charge in [0, 0.05) is 0 Å². The van der Waals surface area contributed by atoms with Crippen molar-refractivity contribution in [2.24, 2.45) is 0 Å². The van der Waals surface area contributed by atoms with Crippen LogP contribution in [0, 0.1) is 0 Å². The van der Waals surface area contributed by atoms with Crippen molar-refractivity contribution >= 4 is 16.9 Å². The lowest BCUT2D eigenvalue weighted by molar-refractivity contribution is -0.150. The zero-order valence-electron chi connectivity index (χ0n) is 14.9. The Morgan fingerprint density at radius 2 is 2.04 bits per heavy atom. The van der Waals surface area contributed by atoms with Gasteiger partial charge in [0.15, 0.2) is 11.9 Å². The summed E-state index contributed by atoms with van der Waals surface area (Å²) in [6, 6.07) is 8.76. The fourth-order valence-corrected chi connectivity index (χ4v) is 2.61. The van der Waals surface area contributed by atoms with E-state index < -0.39 is 12.1 Å². The van der Waals surface area contributed by atoms with Crippen molar-refractivity contribution in [3.8, 4) is 17.3 Å². The Morgan fingerprint density at radius 1 is 1.23 bits per heavy atom. The Morgan fingerprint density at radius 3 is 2.69 bits per heavy atom. The van der Waals surface area contributed by atoms with Gasteiger partial charge in [-0.3, -0.25) is 4.79 Å². The Hall–Kier alpha value is -3.02. The molecule has 0 unspecified atom stereocenters. The van der Waals surface area contributed by atoms with Gasteiger partial charge in [-0.15, -0.1) is 0 Å². The Balaban J connectivity index is 2.17. The van der Waals surface area contributed by atoms with E-state index in [4.69, 9.17) is 18.3 Å². The summed E-state index contributed by atoms with van der Waals surface area (Å²) >= 11 is 0. The molecule has 0 aliphatic rings. The number of ether oxygens (including phenoxy) is 2. The molecule has 6 heteroatoms. The molecule has 3 rings (SSSR count). The van der Waals surface area contributed by atoms with E-state index in [2.05, 4.69) is 0 Å². The third-order valence-corrected chi connectivity index (χ3v) is 3.98. The van der Waals surface area contributed by atoms with Gasteiger partial charge in [-0.05, 0) is 50.1 Å². The maximum Gasteiger partial charge on any atom is 0.347 e. The second-order valence-electron chi connectivity index (χ2n) is 5.76. The van der Waals surface area contributed by atoms with Crippen LogP contribution in [0.15, 0.2) is 50.2 Å². The first-order valence-corrected chi connectivity index (χ1v) is 8.52. The first-order valence-electron chi connectivity index (χ1n) is 8.52. The van der Waals surface area contributed by atoms with Gasteiger partial charge < -0.3 is 18.3 Å². The van der Waals surface area contributed by atoms with Crippen LogP contribution in [0.3, 0.4) is 0 Å². The largest absolute Gasteiger partial charge is 0.471 e. The predicted molar refractivity (Wildman–Crippen MR) is 96.3 cm³/mol. The van der Waals surface area contributed by atoms with Crippen LogP contribution in [0.5, 0.6) is 5.75 Å². The van der Waals surface area contributed by atoms with Gasteiger partial charge in [-0.1, -0.05) is 13.0 Å². The van der Waals surface area contributed by atoms with E-state index in [1.807, 2.05) is 13.0 Å². The van der Waals surface area contributed by atoms with E-state index in [1.54, 1.807) is 31.2 Å². The molecule has 3 aromatic rings. The molecule has 0 N–H and O–H groups in total. The third kappa shape index (κ3) is 3.35. The molecule has 2 aromatic heterocycles. The van der Waals surface area contributed by atoms with E-state index in [0.717, 1.165) is 12.0 Å². The van der Waals surface area contributed by atoms with Gasteiger partial charge in [0.2, 0.25) is 16.9 Å². The van der Waals surface area contributed by atoms with Crippen molar-refractivity contribution in [2.75, 3.05) is 6.61 Å². The standard InChI is InChI=1S/C20H20O6/c1-4-13-8-9-15-14(11-13)17(21)19(25-12(3)20(22)23-5-2)18(26-15)16-7-6-10-24-16/h6-12H,4-5H2,1-3H3/t12-/m0/s1. The summed E-state index contributed by atoms with van der Waals surface area (Å²) < 4.78 is 21.9. The molecule has 0 aliphatic heterocycles. The van der Waals surface area contributed by atoms with Gasteiger partial charge in [0.25, 0.3) is 0 Å². The monoisotopic (exact) mass is 356 g/mol. The quantitative estimate of drug-likeness (QED) is 0.622. The number of furan rings is 1. The van der Waals surface area contributed by atoms with E-state index >= 15 is 0 Å². The molecule has 0 saturated heterocycles. The molecular weight excluding hydrogens is 336 g/mol. The van der Waals surface area contributed by atoms with Crippen LogP contribution in [0.2, 0.25) is 0 Å². The first-order chi connectivity index (χ1) is 12.5. The number of benzene rings is 1. The lowest BCUT2D eigenvalue weighted by Gasteiger charge is -2.15. The number of aryl methyl sites for hydroxylation is 1. The summed E-state index contributed by atoms with van der Waals surface area (Å²) in [6.45, 7) is 5.45. The summed E-state index contributed by atoms with van der Waals surface area (Å²) in [7, 11) is 0. The number of fused-ring (bicyclic) bond motifs is 1. The van der Waals surface area contributed by atoms with E-state index in [-0.39, 0.29) is 23.5 Å². The highest BCUT2D eigenvalue weighted by Crippen LogP contribution is 2.32. The molecule has 0 bridgehead atoms. The van der Waals surface area contributed by atoms with E-state index in [9.17, 15) is 9.59 Å². The van der Waals surface area contributed by atoms with Crippen LogP contribution in [0.1, 0.15) is 26.3 Å². The molecule has 0 amide bonds. The fourth-order valence-electron chi connectivity index (χ4n) is 2.61. The minimum absolute atomic E-state index is 0.0683. The molecule has 26 heavy (non-hydrogen) atoms. The summed E-state index contributed by atoms with van der Waals surface area (Å²) in [6.07, 6.45) is 1.29. The zero-order chi connectivity index (χ0) is 18.7. The Kier molecular flexibility index (Phi) is 5.11. The van der Waals surface area contributed by atoms with Crippen molar-refractivity contribution in [1.29, 1.82) is 0 Å². The first kappa shape index (κ1) is 17.8. The summed E-state index contributed by atoms with van der Waals surface area (Å²) in [5.41, 5.74) is 1.07. The van der Waals surface area contributed by atoms with Crippen LogP contribution in [-0.2, 0) is 16.0 Å². The number of rotatable bonds is 6. The van der Waals surface area contributed by atoms with Crippen LogP contribution < -0.4 is 10.2 Å². The van der Waals surface area contributed by atoms with Crippen LogP contribution in [0.25, 0.3) is 22.5 Å². The highest BCUT2D eigenvalue weighted by atomic mass is 16.6. The molecule has 2 heterocycles. The molecule has 0 aliphatic carbocycles. The molecule has 0 spiro atoms. The second kappa shape index (κ2) is 7.47. The maximum atomic E-state index is 13.0.